The summed E-state index contributed by atoms with van der Waals surface area (Å²) in [6.45, 7) is 5.77. The lowest BCUT2D eigenvalue weighted by Gasteiger charge is -2.07. The van der Waals surface area contributed by atoms with E-state index >= 15 is 0 Å². The second-order valence-corrected chi connectivity index (χ2v) is 11.8. The van der Waals surface area contributed by atoms with E-state index in [0.29, 0.717) is 0 Å². The minimum atomic E-state index is 1.17. The first-order chi connectivity index (χ1) is 18.9. The van der Waals surface area contributed by atoms with Gasteiger partial charge in [0.25, 0.3) is 5.82 Å². The van der Waals surface area contributed by atoms with Crippen LogP contribution in [0.25, 0.3) is 5.69 Å². The Balaban J connectivity index is 1.61. The zero-order valence-electron chi connectivity index (χ0n) is 25.6. The number of rotatable bonds is 26. The van der Waals surface area contributed by atoms with Gasteiger partial charge in [0.15, 0.2) is 0 Å². The number of unbranched alkanes of at least 4 members (excludes halogenated alkanes) is 21. The Morgan fingerprint density at radius 1 is 0.500 bits per heavy atom. The molecule has 0 bridgehead atoms. The highest BCUT2D eigenvalue weighted by Gasteiger charge is 2.18. The van der Waals surface area contributed by atoms with Crippen LogP contribution >= 0.6 is 0 Å². The van der Waals surface area contributed by atoms with Crippen LogP contribution < -0.4 is 4.57 Å². The van der Waals surface area contributed by atoms with Crippen molar-refractivity contribution >= 4 is 0 Å². The van der Waals surface area contributed by atoms with Gasteiger partial charge in [0.2, 0.25) is 0 Å². The van der Waals surface area contributed by atoms with Crippen LogP contribution in [0, 0.1) is 0 Å². The third-order valence-corrected chi connectivity index (χ3v) is 8.30. The van der Waals surface area contributed by atoms with Gasteiger partial charge in [0.05, 0.1) is 6.54 Å². The van der Waals surface area contributed by atoms with E-state index in [9.17, 15) is 0 Å². The zero-order chi connectivity index (χ0) is 26.9. The van der Waals surface area contributed by atoms with Gasteiger partial charge in [-0.25, -0.2) is 4.57 Å². The van der Waals surface area contributed by atoms with Crippen LogP contribution in [0.15, 0.2) is 42.7 Å². The minimum Gasteiger partial charge on any atom is -0.234 e. The molecule has 0 radical (unpaired) electrons. The molecule has 0 saturated carbocycles. The number of benzene rings is 1. The molecule has 0 aliphatic heterocycles. The normalized spacial score (nSPS) is 11.4. The van der Waals surface area contributed by atoms with Gasteiger partial charge in [-0.3, -0.25) is 0 Å². The summed E-state index contributed by atoms with van der Waals surface area (Å²) in [4.78, 5) is 0. The predicted octanol–water partition coefficient (Wildman–Crippen LogP) is 11.3. The van der Waals surface area contributed by atoms with Crippen molar-refractivity contribution in [1.82, 2.24) is 4.57 Å². The highest BCUT2D eigenvalue weighted by molar-refractivity contribution is 5.31. The molecule has 1 aromatic heterocycles. The smallest absolute Gasteiger partial charge is 0.234 e. The van der Waals surface area contributed by atoms with Crippen LogP contribution in [0.1, 0.15) is 167 Å². The van der Waals surface area contributed by atoms with Gasteiger partial charge in [-0.2, -0.15) is 4.57 Å². The number of aryl methyl sites for hydroxylation is 1. The SMILES string of the molecule is CCCCCCCCCCCCCCCCCc1n(-c2ccccc2)cc[n+]1CCCCCCCCCC. The van der Waals surface area contributed by atoms with Gasteiger partial charge >= 0.3 is 0 Å². The van der Waals surface area contributed by atoms with Crippen molar-refractivity contribution < 1.29 is 4.57 Å². The first kappa shape index (κ1) is 32.6. The molecule has 38 heavy (non-hydrogen) atoms. The average molecular weight is 524 g/mol. The largest absolute Gasteiger partial charge is 0.261 e. The van der Waals surface area contributed by atoms with E-state index in [4.69, 9.17) is 0 Å². The third kappa shape index (κ3) is 15.1. The lowest BCUT2D eigenvalue weighted by Crippen LogP contribution is -2.37. The molecule has 216 valence electrons. The van der Waals surface area contributed by atoms with Gasteiger partial charge < -0.3 is 0 Å². The second-order valence-electron chi connectivity index (χ2n) is 11.8. The molecule has 0 aliphatic rings. The molecule has 2 rings (SSSR count). The predicted molar refractivity (Wildman–Crippen MR) is 167 cm³/mol. The monoisotopic (exact) mass is 523 g/mol. The minimum absolute atomic E-state index is 1.17. The lowest BCUT2D eigenvalue weighted by atomic mass is 10.0. The van der Waals surface area contributed by atoms with Crippen molar-refractivity contribution in [2.24, 2.45) is 0 Å². The number of hydrogen-bond acceptors (Lipinski definition) is 0. The summed E-state index contributed by atoms with van der Waals surface area (Å²) in [7, 11) is 0. The molecule has 0 saturated heterocycles. The fraction of sp³-hybridized carbons (Fsp3) is 0.750. The number of aromatic nitrogens is 2. The summed E-state index contributed by atoms with van der Waals surface area (Å²) in [5, 5.41) is 0. The summed E-state index contributed by atoms with van der Waals surface area (Å²) in [5.41, 5.74) is 1.30. The standard InChI is InChI=1S/C36H63N2/c1-3-5-7-9-11-13-14-15-16-17-18-19-20-22-27-31-36-37(32-28-23-21-12-10-8-6-4-2)33-34-38(36)35-29-25-24-26-30-35/h24-26,29-30,33-34H,3-23,27-28,31-32H2,1-2H3/q+1. The van der Waals surface area contributed by atoms with Gasteiger partial charge in [-0.05, 0) is 31.4 Å². The Labute approximate surface area is 237 Å². The number of nitrogens with zero attached hydrogens (tertiary/aromatic N) is 2. The molecule has 2 nitrogen and oxygen atoms in total. The molecular weight excluding hydrogens is 460 g/mol. The fourth-order valence-electron chi connectivity index (χ4n) is 5.82. The zero-order valence-corrected chi connectivity index (χ0v) is 25.6. The fourth-order valence-corrected chi connectivity index (χ4v) is 5.82. The number of para-hydroxylation sites is 1. The quantitative estimate of drug-likeness (QED) is 0.0856. The van der Waals surface area contributed by atoms with Crippen LogP contribution in [0.4, 0.5) is 0 Å². The van der Waals surface area contributed by atoms with E-state index in [2.05, 4.69) is 65.7 Å². The molecule has 0 spiro atoms. The highest BCUT2D eigenvalue weighted by Crippen LogP contribution is 2.16. The maximum absolute atomic E-state index is 2.55. The Bertz CT molecular complexity index is 763. The molecule has 0 atom stereocenters. The Hall–Kier alpha value is -1.57. The molecular formula is C36H63N2+. The summed E-state index contributed by atoms with van der Waals surface area (Å²) in [6.07, 6.45) is 38.3. The van der Waals surface area contributed by atoms with Crippen molar-refractivity contribution in [2.75, 3.05) is 0 Å². The molecule has 2 aromatic rings. The van der Waals surface area contributed by atoms with Crippen molar-refractivity contribution in [1.29, 1.82) is 0 Å². The van der Waals surface area contributed by atoms with Crippen LogP contribution in [-0.4, -0.2) is 4.57 Å². The first-order valence-electron chi connectivity index (χ1n) is 17.0. The maximum atomic E-state index is 2.55. The number of imidazole rings is 1. The summed E-state index contributed by atoms with van der Waals surface area (Å²) in [5.74, 6) is 1.49. The van der Waals surface area contributed by atoms with E-state index in [-0.39, 0.29) is 0 Å². The average Bonchev–Trinajstić information content (AvgIpc) is 3.35. The molecule has 0 aliphatic carbocycles. The Kier molecular flexibility index (Phi) is 20.0. The van der Waals surface area contributed by atoms with E-state index in [0.717, 1.165) is 0 Å². The van der Waals surface area contributed by atoms with Crippen LogP contribution in [0.2, 0.25) is 0 Å². The first-order valence-corrected chi connectivity index (χ1v) is 17.0. The molecule has 1 aromatic carbocycles. The molecule has 1 heterocycles. The third-order valence-electron chi connectivity index (χ3n) is 8.30. The number of hydrogen-bond donors (Lipinski definition) is 0. The lowest BCUT2D eigenvalue weighted by molar-refractivity contribution is -0.704. The van der Waals surface area contributed by atoms with Crippen molar-refractivity contribution in [3.05, 3.63) is 48.5 Å². The van der Waals surface area contributed by atoms with Gasteiger partial charge in [0.1, 0.15) is 18.1 Å². The van der Waals surface area contributed by atoms with E-state index in [1.165, 1.54) is 172 Å². The molecule has 2 heteroatoms. The molecule has 0 N–H and O–H groups in total. The summed E-state index contributed by atoms with van der Waals surface area (Å²) < 4.78 is 4.99. The van der Waals surface area contributed by atoms with Crippen molar-refractivity contribution in [2.45, 2.75) is 174 Å². The van der Waals surface area contributed by atoms with Crippen LogP contribution in [-0.2, 0) is 13.0 Å². The van der Waals surface area contributed by atoms with E-state index in [1.807, 2.05) is 0 Å². The van der Waals surface area contributed by atoms with E-state index in [1.54, 1.807) is 0 Å². The summed E-state index contributed by atoms with van der Waals surface area (Å²) in [6, 6.07) is 10.9. The van der Waals surface area contributed by atoms with Gasteiger partial charge in [0, 0.05) is 6.42 Å². The van der Waals surface area contributed by atoms with Crippen LogP contribution in [0.5, 0.6) is 0 Å². The highest BCUT2D eigenvalue weighted by atomic mass is 15.1. The Morgan fingerprint density at radius 3 is 1.39 bits per heavy atom. The second kappa shape index (κ2) is 23.3. The molecule has 0 fully saturated rings. The van der Waals surface area contributed by atoms with Gasteiger partial charge in [-0.1, -0.05) is 160 Å². The summed E-state index contributed by atoms with van der Waals surface area (Å²) >= 11 is 0. The molecule has 0 unspecified atom stereocenters. The Morgan fingerprint density at radius 2 is 0.921 bits per heavy atom. The maximum Gasteiger partial charge on any atom is 0.261 e. The van der Waals surface area contributed by atoms with Crippen LogP contribution in [0.3, 0.4) is 0 Å². The van der Waals surface area contributed by atoms with E-state index < -0.39 is 0 Å². The molecule has 0 amide bonds. The van der Waals surface area contributed by atoms with Gasteiger partial charge in [-0.15, -0.1) is 0 Å². The van der Waals surface area contributed by atoms with Crippen molar-refractivity contribution in [3.63, 3.8) is 0 Å². The topological polar surface area (TPSA) is 8.81 Å². The van der Waals surface area contributed by atoms with Crippen molar-refractivity contribution in [3.8, 4) is 5.69 Å².